The number of nitrogens with one attached hydrogen (secondary N) is 1. The molecule has 1 N–H and O–H groups in total. The van der Waals surface area contributed by atoms with Crippen LogP contribution in [-0.4, -0.2) is 21.9 Å². The van der Waals surface area contributed by atoms with Crippen molar-refractivity contribution >= 4 is 5.78 Å². The number of aromatic nitrogens is 2. The molecule has 3 aromatic rings. The van der Waals surface area contributed by atoms with Crippen LogP contribution in [0, 0.1) is 11.2 Å². The van der Waals surface area contributed by atoms with Gasteiger partial charge in [0.25, 0.3) is 5.56 Å². The Bertz CT molecular complexity index is 1160. The van der Waals surface area contributed by atoms with Crippen LogP contribution in [0.2, 0.25) is 0 Å². The van der Waals surface area contributed by atoms with E-state index in [1.54, 1.807) is 36.4 Å². The highest BCUT2D eigenvalue weighted by atomic mass is 19.1. The summed E-state index contributed by atoms with van der Waals surface area (Å²) in [6, 6.07) is 16.2. The van der Waals surface area contributed by atoms with Crippen molar-refractivity contribution < 1.29 is 13.9 Å². The molecule has 0 amide bonds. The number of nitrogens with zero attached hydrogens (tertiary/aromatic N) is 1. The van der Waals surface area contributed by atoms with Gasteiger partial charge < -0.3 is 4.74 Å². The first kappa shape index (κ1) is 20.0. The Balaban J connectivity index is 1.53. The zero-order valence-corrected chi connectivity index (χ0v) is 16.2. The fourth-order valence-corrected chi connectivity index (χ4v) is 4.01. The number of hydrogen-bond donors (Lipinski definition) is 1. The van der Waals surface area contributed by atoms with Crippen molar-refractivity contribution in [3.05, 3.63) is 105 Å². The van der Waals surface area contributed by atoms with E-state index in [1.807, 2.05) is 6.07 Å². The number of benzene rings is 2. The maximum atomic E-state index is 13.4. The molecule has 7 heteroatoms. The SMILES string of the molecule is O=c1ccn([C@H]2C[C@](COCc3cccc(F)c3)(C(=O)c3ccccc3)C2)c(=O)[nH]1. The number of rotatable bonds is 7. The molecular weight excluding hydrogens is 387 g/mol. The van der Waals surface area contributed by atoms with Gasteiger partial charge in [-0.05, 0) is 30.5 Å². The van der Waals surface area contributed by atoms with Crippen molar-refractivity contribution in [2.75, 3.05) is 6.61 Å². The number of carbonyl (C=O) groups excluding carboxylic acids is 1. The molecule has 1 aliphatic rings. The third-order valence-corrected chi connectivity index (χ3v) is 5.55. The minimum absolute atomic E-state index is 0.0453. The molecule has 0 aliphatic heterocycles. The quantitative estimate of drug-likeness (QED) is 0.609. The van der Waals surface area contributed by atoms with E-state index in [9.17, 15) is 18.8 Å². The number of ketones is 1. The summed E-state index contributed by atoms with van der Waals surface area (Å²) in [7, 11) is 0. The first-order valence-electron chi connectivity index (χ1n) is 9.70. The first-order valence-corrected chi connectivity index (χ1v) is 9.70. The lowest BCUT2D eigenvalue weighted by atomic mass is 9.62. The number of ether oxygens (including phenoxy) is 1. The number of H-pyrrole nitrogens is 1. The molecule has 0 atom stereocenters. The van der Waals surface area contributed by atoms with Crippen LogP contribution in [0.4, 0.5) is 4.39 Å². The van der Waals surface area contributed by atoms with Crippen LogP contribution in [0.15, 0.2) is 76.4 Å². The van der Waals surface area contributed by atoms with Gasteiger partial charge in [-0.1, -0.05) is 42.5 Å². The molecule has 1 heterocycles. The Hall–Kier alpha value is -3.32. The summed E-state index contributed by atoms with van der Waals surface area (Å²) in [4.78, 5) is 39.0. The van der Waals surface area contributed by atoms with Gasteiger partial charge in [0.2, 0.25) is 0 Å². The molecule has 2 aromatic carbocycles. The molecule has 1 fully saturated rings. The van der Waals surface area contributed by atoms with Gasteiger partial charge in [-0.2, -0.15) is 0 Å². The van der Waals surface area contributed by atoms with Gasteiger partial charge in [-0.3, -0.25) is 19.1 Å². The Kier molecular flexibility index (Phi) is 5.46. The smallest absolute Gasteiger partial charge is 0.328 e. The minimum Gasteiger partial charge on any atom is -0.376 e. The summed E-state index contributed by atoms with van der Waals surface area (Å²) in [5, 5.41) is 0. The van der Waals surface area contributed by atoms with E-state index in [0.717, 1.165) is 0 Å². The largest absolute Gasteiger partial charge is 0.376 e. The topological polar surface area (TPSA) is 81.2 Å². The second-order valence-corrected chi connectivity index (χ2v) is 7.68. The zero-order chi connectivity index (χ0) is 21.1. The highest BCUT2D eigenvalue weighted by Gasteiger charge is 2.51. The molecule has 0 spiro atoms. The van der Waals surface area contributed by atoms with Crippen molar-refractivity contribution in [3.8, 4) is 0 Å². The molecule has 1 aromatic heterocycles. The Morgan fingerprint density at radius 1 is 1.10 bits per heavy atom. The third kappa shape index (κ3) is 4.02. The van der Waals surface area contributed by atoms with Gasteiger partial charge in [0.15, 0.2) is 5.78 Å². The van der Waals surface area contributed by atoms with E-state index in [2.05, 4.69) is 4.98 Å². The highest BCUT2D eigenvalue weighted by Crippen LogP contribution is 2.50. The first-order chi connectivity index (χ1) is 14.5. The number of Topliss-reactive ketones (excluding diaryl/α,β-unsaturated/α-hetero) is 1. The highest BCUT2D eigenvalue weighted by molar-refractivity contribution is 6.01. The van der Waals surface area contributed by atoms with E-state index in [1.165, 1.54) is 29.0 Å². The molecule has 30 heavy (non-hydrogen) atoms. The average Bonchev–Trinajstić information content (AvgIpc) is 2.71. The lowest BCUT2D eigenvalue weighted by molar-refractivity contribution is -0.0254. The second-order valence-electron chi connectivity index (χ2n) is 7.68. The molecule has 4 rings (SSSR count). The monoisotopic (exact) mass is 408 g/mol. The predicted molar refractivity (Wildman–Crippen MR) is 109 cm³/mol. The summed E-state index contributed by atoms with van der Waals surface area (Å²) < 4.78 is 20.7. The summed E-state index contributed by atoms with van der Waals surface area (Å²) >= 11 is 0. The van der Waals surface area contributed by atoms with Crippen molar-refractivity contribution in [2.24, 2.45) is 5.41 Å². The van der Waals surface area contributed by atoms with E-state index >= 15 is 0 Å². The summed E-state index contributed by atoms with van der Waals surface area (Å²) in [6.45, 7) is 0.344. The molecule has 1 saturated carbocycles. The van der Waals surface area contributed by atoms with Crippen LogP contribution in [0.25, 0.3) is 0 Å². The van der Waals surface area contributed by atoms with Crippen molar-refractivity contribution in [2.45, 2.75) is 25.5 Å². The van der Waals surface area contributed by atoms with Gasteiger partial charge in [-0.25, -0.2) is 9.18 Å². The third-order valence-electron chi connectivity index (χ3n) is 5.55. The fourth-order valence-electron chi connectivity index (χ4n) is 4.01. The fraction of sp³-hybridized carbons (Fsp3) is 0.261. The second kappa shape index (κ2) is 8.20. The minimum atomic E-state index is -0.783. The van der Waals surface area contributed by atoms with Crippen LogP contribution in [-0.2, 0) is 11.3 Å². The number of aromatic amines is 1. The van der Waals surface area contributed by atoms with Crippen LogP contribution in [0.5, 0.6) is 0 Å². The molecule has 0 radical (unpaired) electrons. The van der Waals surface area contributed by atoms with Crippen molar-refractivity contribution in [1.82, 2.24) is 9.55 Å². The molecular formula is C23H21FN2O4. The number of carbonyl (C=O) groups is 1. The van der Waals surface area contributed by atoms with Crippen molar-refractivity contribution in [1.29, 1.82) is 0 Å². The average molecular weight is 408 g/mol. The lowest BCUT2D eigenvalue weighted by Gasteiger charge is -2.46. The molecule has 0 unspecified atom stereocenters. The Morgan fingerprint density at radius 2 is 1.87 bits per heavy atom. The van der Waals surface area contributed by atoms with Crippen LogP contribution in [0.1, 0.15) is 34.8 Å². The standard InChI is InChI=1S/C23H21FN2O4/c24-18-8-4-5-16(11-18)14-30-15-23(21(28)17-6-2-1-3-7-17)12-19(13-23)26-10-9-20(27)25-22(26)29/h1-11,19H,12-15H2,(H,25,27,29)/t19-,23-. The number of halogens is 1. The Morgan fingerprint density at radius 3 is 2.57 bits per heavy atom. The van der Waals surface area contributed by atoms with Gasteiger partial charge >= 0.3 is 5.69 Å². The van der Waals surface area contributed by atoms with E-state index in [4.69, 9.17) is 4.74 Å². The maximum Gasteiger partial charge on any atom is 0.328 e. The number of hydrogen-bond acceptors (Lipinski definition) is 4. The van der Waals surface area contributed by atoms with Gasteiger partial charge in [0, 0.05) is 23.9 Å². The zero-order valence-electron chi connectivity index (χ0n) is 16.2. The molecule has 6 nitrogen and oxygen atoms in total. The maximum absolute atomic E-state index is 13.4. The van der Waals surface area contributed by atoms with E-state index in [0.29, 0.717) is 24.0 Å². The Labute approximate surface area is 172 Å². The predicted octanol–water partition coefficient (Wildman–Crippen LogP) is 3.10. The molecule has 0 bridgehead atoms. The summed E-state index contributed by atoms with van der Waals surface area (Å²) in [6.07, 6.45) is 2.28. The van der Waals surface area contributed by atoms with E-state index in [-0.39, 0.29) is 30.9 Å². The normalized spacial score (nSPS) is 20.5. The molecule has 0 saturated heterocycles. The van der Waals surface area contributed by atoms with Gasteiger partial charge in [-0.15, -0.1) is 0 Å². The van der Waals surface area contributed by atoms with Gasteiger partial charge in [0.05, 0.1) is 18.6 Å². The van der Waals surface area contributed by atoms with Crippen LogP contribution >= 0.6 is 0 Å². The molecule has 154 valence electrons. The van der Waals surface area contributed by atoms with Crippen molar-refractivity contribution in [3.63, 3.8) is 0 Å². The molecule has 1 aliphatic carbocycles. The van der Waals surface area contributed by atoms with Crippen LogP contribution < -0.4 is 11.2 Å². The summed E-state index contributed by atoms with van der Waals surface area (Å²) in [5.41, 5.74) is -0.465. The van der Waals surface area contributed by atoms with Gasteiger partial charge in [0.1, 0.15) is 5.82 Å². The van der Waals surface area contributed by atoms with E-state index < -0.39 is 16.7 Å². The summed E-state index contributed by atoms with van der Waals surface area (Å²) in [5.74, 6) is -0.386. The van der Waals surface area contributed by atoms with Crippen LogP contribution in [0.3, 0.4) is 0 Å². The lowest BCUT2D eigenvalue weighted by Crippen LogP contribution is -2.50.